The first-order valence-corrected chi connectivity index (χ1v) is 10.7. The highest BCUT2D eigenvalue weighted by Crippen LogP contribution is 2.32. The summed E-state index contributed by atoms with van der Waals surface area (Å²) in [4.78, 5) is 41.5. The van der Waals surface area contributed by atoms with Crippen LogP contribution in [0.2, 0.25) is 0 Å². The van der Waals surface area contributed by atoms with E-state index in [2.05, 4.69) is 5.16 Å². The van der Waals surface area contributed by atoms with E-state index in [1.165, 1.54) is 6.26 Å². The highest BCUT2D eigenvalue weighted by Gasteiger charge is 2.29. The molecule has 2 aliphatic heterocycles. The minimum absolute atomic E-state index is 0.167. The lowest BCUT2D eigenvalue weighted by atomic mass is 10.00. The van der Waals surface area contributed by atoms with Gasteiger partial charge in [-0.25, -0.2) is 0 Å². The molecule has 1 amide bonds. The van der Waals surface area contributed by atoms with Crippen LogP contribution in [-0.2, 0) is 9.53 Å². The van der Waals surface area contributed by atoms with Crippen LogP contribution in [0.15, 0.2) is 47.2 Å². The Morgan fingerprint density at radius 3 is 2.39 bits per heavy atom. The smallest absolute Gasteiger partial charge is 0.320 e. The minimum atomic E-state index is -0.270. The number of carbonyl (C=O) groups excluding carboxylic acids is 3. The Hall–Kier alpha value is -3.72. The van der Waals surface area contributed by atoms with E-state index < -0.39 is 0 Å². The average Bonchev–Trinajstić information content (AvgIpc) is 3.28. The summed E-state index contributed by atoms with van der Waals surface area (Å²) in [6.07, 6.45) is 1.39. The molecule has 0 unspecified atom stereocenters. The summed E-state index contributed by atoms with van der Waals surface area (Å²) >= 11 is 0. The number of benzene rings is 1. The lowest BCUT2D eigenvalue weighted by molar-refractivity contribution is -0.144. The predicted molar refractivity (Wildman–Crippen MR) is 119 cm³/mol. The maximum atomic E-state index is 13.2. The van der Waals surface area contributed by atoms with Crippen molar-refractivity contribution in [3.63, 3.8) is 0 Å². The summed E-state index contributed by atoms with van der Waals surface area (Å²) in [5.41, 5.74) is 2.22. The van der Waals surface area contributed by atoms with Crippen LogP contribution in [0, 0.1) is 0 Å². The van der Waals surface area contributed by atoms with E-state index in [4.69, 9.17) is 14.0 Å². The summed E-state index contributed by atoms with van der Waals surface area (Å²) < 4.78 is 15.3. The molecular weight excluding hydrogens is 426 g/mol. The molecule has 9 heteroatoms. The Balaban J connectivity index is 1.47. The van der Waals surface area contributed by atoms with Gasteiger partial charge in [-0.05, 0) is 37.3 Å². The fourth-order valence-electron chi connectivity index (χ4n) is 3.90. The van der Waals surface area contributed by atoms with Gasteiger partial charge in [0.05, 0.1) is 20.3 Å². The number of ketones is 1. The first-order chi connectivity index (χ1) is 16.0. The van der Waals surface area contributed by atoms with E-state index in [9.17, 15) is 14.4 Å². The molecule has 0 saturated carbocycles. The van der Waals surface area contributed by atoms with E-state index in [-0.39, 0.29) is 29.9 Å². The molecule has 4 rings (SSSR count). The zero-order chi connectivity index (χ0) is 23.4. The monoisotopic (exact) mass is 451 g/mol. The molecule has 1 fully saturated rings. The fourth-order valence-corrected chi connectivity index (χ4v) is 3.90. The summed E-state index contributed by atoms with van der Waals surface area (Å²) in [5, 5.41) is 3.96. The van der Waals surface area contributed by atoms with E-state index in [0.717, 1.165) is 0 Å². The van der Waals surface area contributed by atoms with Crippen LogP contribution in [0.3, 0.4) is 0 Å². The molecule has 1 saturated heterocycles. The van der Waals surface area contributed by atoms with Gasteiger partial charge < -0.3 is 18.9 Å². The summed E-state index contributed by atoms with van der Waals surface area (Å²) in [7, 11) is 1.56. The number of hydrogen-bond acceptors (Lipinski definition) is 8. The van der Waals surface area contributed by atoms with Crippen molar-refractivity contribution in [2.24, 2.45) is 0 Å². The Labute approximate surface area is 191 Å². The molecule has 0 spiro atoms. The van der Waals surface area contributed by atoms with Crippen LogP contribution in [0.25, 0.3) is 11.1 Å². The zero-order valence-corrected chi connectivity index (χ0v) is 18.6. The lowest BCUT2D eigenvalue weighted by Gasteiger charge is -2.34. The lowest BCUT2D eigenvalue weighted by Crippen LogP contribution is -2.50. The van der Waals surface area contributed by atoms with Crippen molar-refractivity contribution in [1.29, 1.82) is 0 Å². The SMILES string of the molecule is CCOC(=O)CN1CCN(C(=O)c2nocc3c(C(=O)c4ccc(OC)cc4)ccc2-3)CC1. The van der Waals surface area contributed by atoms with Gasteiger partial charge in [0.15, 0.2) is 11.5 Å². The number of esters is 1. The maximum Gasteiger partial charge on any atom is 0.320 e. The van der Waals surface area contributed by atoms with Crippen molar-refractivity contribution in [3.05, 3.63) is 59.5 Å². The highest BCUT2D eigenvalue weighted by molar-refractivity contribution is 6.15. The third-order valence-electron chi connectivity index (χ3n) is 5.68. The van der Waals surface area contributed by atoms with Gasteiger partial charge in [-0.1, -0.05) is 11.2 Å². The van der Waals surface area contributed by atoms with Crippen molar-refractivity contribution in [1.82, 2.24) is 15.0 Å². The van der Waals surface area contributed by atoms with Gasteiger partial charge in [0.25, 0.3) is 5.91 Å². The normalized spacial score (nSPS) is 14.3. The van der Waals surface area contributed by atoms with Gasteiger partial charge in [-0.15, -0.1) is 0 Å². The second-order valence-electron chi connectivity index (χ2n) is 7.67. The van der Waals surface area contributed by atoms with E-state index in [1.807, 2.05) is 4.90 Å². The molecule has 0 bridgehead atoms. The van der Waals surface area contributed by atoms with Crippen LogP contribution >= 0.6 is 0 Å². The minimum Gasteiger partial charge on any atom is -0.497 e. The molecule has 2 heterocycles. The summed E-state index contributed by atoms with van der Waals surface area (Å²) in [6, 6.07) is 10.2. The molecule has 0 aromatic heterocycles. The molecule has 0 N–H and O–H groups in total. The molecule has 1 aromatic rings. The number of methoxy groups -OCH3 is 1. The summed E-state index contributed by atoms with van der Waals surface area (Å²) in [5.74, 6) is -0.0593. The van der Waals surface area contributed by atoms with Gasteiger partial charge in [0, 0.05) is 48.4 Å². The Morgan fingerprint density at radius 2 is 1.73 bits per heavy atom. The number of rotatable bonds is 7. The van der Waals surface area contributed by atoms with E-state index >= 15 is 0 Å². The molecule has 3 aliphatic rings. The standard InChI is InChI=1S/C24H25N3O6/c1-3-32-21(28)14-26-10-12-27(13-11-26)24(30)22-18-8-9-19(20(18)15-33-25-22)23(29)16-4-6-17(31-2)7-5-16/h4-9,15H,3,10-14H2,1-2H3. The Bertz CT molecular complexity index is 1120. The molecule has 1 aromatic carbocycles. The van der Waals surface area contributed by atoms with Crippen molar-refractivity contribution < 1.29 is 28.4 Å². The van der Waals surface area contributed by atoms with Crippen LogP contribution in [-0.4, -0.2) is 79.1 Å². The van der Waals surface area contributed by atoms with Gasteiger partial charge in [-0.2, -0.15) is 0 Å². The van der Waals surface area contributed by atoms with Crippen molar-refractivity contribution >= 4 is 17.7 Å². The highest BCUT2D eigenvalue weighted by atomic mass is 16.5. The third kappa shape index (κ3) is 4.73. The first kappa shape index (κ1) is 22.5. The molecule has 1 aliphatic carbocycles. The van der Waals surface area contributed by atoms with Crippen LogP contribution < -0.4 is 4.74 Å². The molecular formula is C24H25N3O6. The molecule has 9 nitrogen and oxygen atoms in total. The van der Waals surface area contributed by atoms with E-state index in [1.54, 1.807) is 55.3 Å². The second-order valence-corrected chi connectivity index (χ2v) is 7.67. The third-order valence-corrected chi connectivity index (χ3v) is 5.68. The van der Waals surface area contributed by atoms with Crippen molar-refractivity contribution in [2.75, 3.05) is 46.4 Å². The summed E-state index contributed by atoms with van der Waals surface area (Å²) in [6.45, 7) is 4.34. The quantitative estimate of drug-likeness (QED) is 0.398. The number of piperazine rings is 1. The first-order valence-electron chi connectivity index (χ1n) is 10.7. The number of ether oxygens (including phenoxy) is 2. The van der Waals surface area contributed by atoms with Crippen LogP contribution in [0.1, 0.15) is 33.3 Å². The van der Waals surface area contributed by atoms with Gasteiger partial charge >= 0.3 is 5.97 Å². The van der Waals surface area contributed by atoms with Crippen LogP contribution in [0.4, 0.5) is 0 Å². The van der Waals surface area contributed by atoms with Gasteiger partial charge in [0.1, 0.15) is 12.0 Å². The molecule has 0 radical (unpaired) electrons. The number of amides is 1. The number of carbonyl (C=O) groups is 3. The Kier molecular flexibility index (Phi) is 6.69. The predicted octanol–water partition coefficient (Wildman–Crippen LogP) is 2.34. The Morgan fingerprint density at radius 1 is 1.00 bits per heavy atom. The van der Waals surface area contributed by atoms with E-state index in [0.29, 0.717) is 60.8 Å². The van der Waals surface area contributed by atoms with Crippen molar-refractivity contribution in [3.8, 4) is 16.9 Å². The topological polar surface area (TPSA) is 102 Å². The number of hydrogen-bond donors (Lipinski definition) is 0. The molecule has 33 heavy (non-hydrogen) atoms. The molecule has 0 atom stereocenters. The number of fused-ring (bicyclic) bond motifs is 1. The van der Waals surface area contributed by atoms with Crippen molar-refractivity contribution in [2.45, 2.75) is 6.92 Å². The largest absolute Gasteiger partial charge is 0.497 e. The number of nitrogens with zero attached hydrogens (tertiary/aromatic N) is 3. The fraction of sp³-hybridized carbons (Fsp3) is 0.333. The van der Waals surface area contributed by atoms with Crippen LogP contribution in [0.5, 0.6) is 5.75 Å². The number of aromatic nitrogens is 1. The second kappa shape index (κ2) is 9.83. The maximum absolute atomic E-state index is 13.2. The zero-order valence-electron chi connectivity index (χ0n) is 18.6. The van der Waals surface area contributed by atoms with Gasteiger partial charge in [-0.3, -0.25) is 19.3 Å². The average molecular weight is 451 g/mol. The van der Waals surface area contributed by atoms with Gasteiger partial charge in [0.2, 0.25) is 0 Å². The molecule has 172 valence electrons.